The number of Topliss-reactive ketones (excluding diaryl/α,β-unsaturated/α-hetero) is 1. The lowest BCUT2D eigenvalue weighted by Gasteiger charge is -2.37. The maximum absolute atomic E-state index is 12.7. The van der Waals surface area contributed by atoms with E-state index < -0.39 is 0 Å². The van der Waals surface area contributed by atoms with Gasteiger partial charge in [-0.15, -0.1) is 0 Å². The summed E-state index contributed by atoms with van der Waals surface area (Å²) in [6.07, 6.45) is 6.32. The number of nitrogens with zero attached hydrogens (tertiary/aromatic N) is 1. The predicted molar refractivity (Wildman–Crippen MR) is 76.7 cm³/mol. The summed E-state index contributed by atoms with van der Waals surface area (Å²) in [7, 11) is 0. The van der Waals surface area contributed by atoms with Gasteiger partial charge in [-0.1, -0.05) is 0 Å². The first-order chi connectivity index (χ1) is 9.20. The zero-order valence-electron chi connectivity index (χ0n) is 11.2. The van der Waals surface area contributed by atoms with E-state index in [9.17, 15) is 4.79 Å². The van der Waals surface area contributed by atoms with Crippen LogP contribution < -0.4 is 0 Å². The van der Waals surface area contributed by atoms with Crippen LogP contribution in [0.3, 0.4) is 0 Å². The largest absolute Gasteiger partial charge is 0.374 e. The molecule has 2 unspecified atom stereocenters. The number of pyridine rings is 1. The number of ketones is 1. The Kier molecular flexibility index (Phi) is 3.63. The molecule has 2 aliphatic heterocycles. The number of aryl methyl sites for hydroxylation is 1. The molecule has 3 nitrogen and oxygen atoms in total. The van der Waals surface area contributed by atoms with E-state index in [0.717, 1.165) is 48.5 Å². The SMILES string of the molecule is Cc1cnccc1C(=O)C1CCOC2(CCSC2)C1. The van der Waals surface area contributed by atoms with Crippen molar-refractivity contribution in [1.82, 2.24) is 4.98 Å². The van der Waals surface area contributed by atoms with Gasteiger partial charge < -0.3 is 4.74 Å². The molecule has 0 bridgehead atoms. The summed E-state index contributed by atoms with van der Waals surface area (Å²) in [5.74, 6) is 2.61. The van der Waals surface area contributed by atoms with Crippen LogP contribution in [0, 0.1) is 12.8 Å². The average Bonchev–Trinajstić information content (AvgIpc) is 2.86. The Bertz CT molecular complexity index is 483. The first-order valence-electron chi connectivity index (χ1n) is 6.87. The van der Waals surface area contributed by atoms with Gasteiger partial charge in [0.1, 0.15) is 0 Å². The summed E-state index contributed by atoms with van der Waals surface area (Å²) in [5.41, 5.74) is 1.79. The van der Waals surface area contributed by atoms with E-state index in [2.05, 4.69) is 4.98 Å². The van der Waals surface area contributed by atoms with Crippen LogP contribution in [0.1, 0.15) is 35.2 Å². The highest BCUT2D eigenvalue weighted by Gasteiger charge is 2.42. The van der Waals surface area contributed by atoms with E-state index in [1.807, 2.05) is 24.8 Å². The molecule has 3 heterocycles. The molecule has 102 valence electrons. The minimum absolute atomic E-state index is 0.0236. The Morgan fingerprint density at radius 3 is 3.21 bits per heavy atom. The van der Waals surface area contributed by atoms with E-state index in [-0.39, 0.29) is 17.3 Å². The highest BCUT2D eigenvalue weighted by Crippen LogP contribution is 2.41. The van der Waals surface area contributed by atoms with Gasteiger partial charge in [0, 0.05) is 36.2 Å². The summed E-state index contributed by atoms with van der Waals surface area (Å²) >= 11 is 1.95. The minimum atomic E-state index is -0.0236. The van der Waals surface area contributed by atoms with E-state index in [4.69, 9.17) is 4.74 Å². The Balaban J connectivity index is 1.78. The molecule has 0 saturated carbocycles. The van der Waals surface area contributed by atoms with E-state index in [1.165, 1.54) is 0 Å². The van der Waals surface area contributed by atoms with Crippen molar-refractivity contribution >= 4 is 17.5 Å². The molecule has 1 aromatic rings. The number of thioether (sulfide) groups is 1. The number of ether oxygens (including phenoxy) is 1. The summed E-state index contributed by atoms with van der Waals surface area (Å²) < 4.78 is 5.99. The van der Waals surface area contributed by atoms with Crippen LogP contribution in [0.5, 0.6) is 0 Å². The molecule has 4 heteroatoms. The minimum Gasteiger partial charge on any atom is -0.374 e. The molecule has 0 aliphatic carbocycles. The van der Waals surface area contributed by atoms with Crippen LogP contribution in [0.4, 0.5) is 0 Å². The second-order valence-corrected chi connectivity index (χ2v) is 6.68. The average molecular weight is 277 g/mol. The van der Waals surface area contributed by atoms with Crippen molar-refractivity contribution in [2.45, 2.75) is 31.8 Å². The van der Waals surface area contributed by atoms with Crippen molar-refractivity contribution in [1.29, 1.82) is 0 Å². The molecule has 2 saturated heterocycles. The van der Waals surface area contributed by atoms with Crippen LogP contribution in [0.25, 0.3) is 0 Å². The van der Waals surface area contributed by atoms with E-state index in [1.54, 1.807) is 12.4 Å². The topological polar surface area (TPSA) is 39.2 Å². The Labute approximate surface area is 118 Å². The van der Waals surface area contributed by atoms with Crippen LogP contribution in [-0.2, 0) is 4.74 Å². The Morgan fingerprint density at radius 2 is 2.47 bits per heavy atom. The van der Waals surface area contributed by atoms with Gasteiger partial charge in [-0.2, -0.15) is 11.8 Å². The lowest BCUT2D eigenvalue weighted by atomic mass is 9.81. The molecule has 19 heavy (non-hydrogen) atoms. The van der Waals surface area contributed by atoms with Gasteiger partial charge in [-0.3, -0.25) is 9.78 Å². The highest BCUT2D eigenvalue weighted by atomic mass is 32.2. The third-order valence-electron chi connectivity index (χ3n) is 4.22. The molecule has 2 atom stereocenters. The smallest absolute Gasteiger partial charge is 0.166 e. The number of aromatic nitrogens is 1. The first-order valence-corrected chi connectivity index (χ1v) is 8.02. The molecule has 3 rings (SSSR count). The molecule has 0 amide bonds. The molecule has 1 spiro atoms. The van der Waals surface area contributed by atoms with Gasteiger partial charge in [0.2, 0.25) is 0 Å². The Hall–Kier alpha value is -0.870. The highest BCUT2D eigenvalue weighted by molar-refractivity contribution is 7.99. The third kappa shape index (κ3) is 2.56. The molecule has 1 aromatic heterocycles. The monoisotopic (exact) mass is 277 g/mol. The maximum atomic E-state index is 12.7. The summed E-state index contributed by atoms with van der Waals surface area (Å²) in [6, 6.07) is 1.85. The van der Waals surface area contributed by atoms with Crippen molar-refractivity contribution in [2.75, 3.05) is 18.1 Å². The molecule has 0 radical (unpaired) electrons. The molecular weight excluding hydrogens is 258 g/mol. The quantitative estimate of drug-likeness (QED) is 0.779. The predicted octanol–water partition coefficient (Wildman–Crippen LogP) is 2.88. The van der Waals surface area contributed by atoms with Crippen molar-refractivity contribution in [3.8, 4) is 0 Å². The normalized spacial score (nSPS) is 30.7. The number of carbonyl (C=O) groups is 1. The van der Waals surface area contributed by atoms with E-state index >= 15 is 0 Å². The van der Waals surface area contributed by atoms with Crippen molar-refractivity contribution in [3.63, 3.8) is 0 Å². The Morgan fingerprint density at radius 1 is 1.58 bits per heavy atom. The van der Waals surface area contributed by atoms with Crippen LogP contribution >= 0.6 is 11.8 Å². The standard InChI is InChI=1S/C15H19NO2S/c1-11-9-16-5-2-13(11)14(17)12-3-6-18-15(8-12)4-7-19-10-15/h2,5,9,12H,3-4,6-8,10H2,1H3. The fraction of sp³-hybridized carbons (Fsp3) is 0.600. The molecule has 0 aromatic carbocycles. The van der Waals surface area contributed by atoms with E-state index in [0.29, 0.717) is 0 Å². The van der Waals surface area contributed by atoms with Gasteiger partial charge in [-0.05, 0) is 43.6 Å². The molecule has 2 aliphatic rings. The van der Waals surface area contributed by atoms with Crippen LogP contribution in [0.2, 0.25) is 0 Å². The summed E-state index contributed by atoms with van der Waals surface area (Å²) in [5, 5.41) is 0. The molecule has 0 N–H and O–H groups in total. The second-order valence-electron chi connectivity index (χ2n) is 5.58. The fourth-order valence-corrected chi connectivity index (χ4v) is 4.46. The number of hydrogen-bond acceptors (Lipinski definition) is 4. The zero-order valence-corrected chi connectivity index (χ0v) is 12.0. The zero-order chi connectivity index (χ0) is 13.3. The number of hydrogen-bond donors (Lipinski definition) is 0. The lowest BCUT2D eigenvalue weighted by Crippen LogP contribution is -2.42. The van der Waals surface area contributed by atoms with Crippen LogP contribution in [-0.4, -0.2) is 34.5 Å². The second kappa shape index (κ2) is 5.25. The third-order valence-corrected chi connectivity index (χ3v) is 5.44. The number of carbonyl (C=O) groups excluding carboxylic acids is 1. The maximum Gasteiger partial charge on any atom is 0.166 e. The van der Waals surface area contributed by atoms with Gasteiger partial charge in [-0.25, -0.2) is 0 Å². The molecular formula is C15H19NO2S. The summed E-state index contributed by atoms with van der Waals surface area (Å²) in [4.78, 5) is 16.7. The summed E-state index contributed by atoms with van der Waals surface area (Å²) in [6.45, 7) is 2.68. The van der Waals surface area contributed by atoms with Crippen molar-refractivity contribution < 1.29 is 9.53 Å². The van der Waals surface area contributed by atoms with Crippen molar-refractivity contribution in [3.05, 3.63) is 29.6 Å². The fourth-order valence-electron chi connectivity index (χ4n) is 3.08. The first kappa shape index (κ1) is 13.1. The van der Waals surface area contributed by atoms with Crippen molar-refractivity contribution in [2.24, 2.45) is 5.92 Å². The molecule has 2 fully saturated rings. The van der Waals surface area contributed by atoms with Gasteiger partial charge in [0.25, 0.3) is 0 Å². The van der Waals surface area contributed by atoms with Gasteiger partial charge in [0.05, 0.1) is 5.60 Å². The lowest BCUT2D eigenvalue weighted by molar-refractivity contribution is -0.0734. The van der Waals surface area contributed by atoms with Gasteiger partial charge >= 0.3 is 0 Å². The van der Waals surface area contributed by atoms with Gasteiger partial charge in [0.15, 0.2) is 5.78 Å². The number of rotatable bonds is 2. The van der Waals surface area contributed by atoms with Crippen LogP contribution in [0.15, 0.2) is 18.5 Å².